The van der Waals surface area contributed by atoms with Gasteiger partial charge in [0, 0.05) is 13.0 Å². The number of nitrogens with one attached hydrogen (secondary N) is 1. The van der Waals surface area contributed by atoms with Gasteiger partial charge in [0.15, 0.2) is 0 Å². The lowest BCUT2D eigenvalue weighted by Gasteiger charge is -2.23. The third kappa shape index (κ3) is 7.09. The molecule has 0 heterocycles. The number of hydrogen-bond acceptors (Lipinski definition) is 4. The molecule has 0 fully saturated rings. The number of alkyl carbamates (subject to hydrolysis) is 1. The molecule has 0 bridgehead atoms. The predicted molar refractivity (Wildman–Crippen MR) is 60.1 cm³/mol. The smallest absolute Gasteiger partial charge is 0.407 e. The number of carbonyl (C=O) groups is 2. The van der Waals surface area contributed by atoms with E-state index < -0.39 is 11.7 Å². The Labute approximate surface area is 96.5 Å². The second kappa shape index (κ2) is 7.09. The first-order valence-electron chi connectivity index (χ1n) is 5.45. The second-order valence-electron chi connectivity index (χ2n) is 4.11. The maximum absolute atomic E-state index is 11.3. The fourth-order valence-electron chi connectivity index (χ4n) is 0.884. The van der Waals surface area contributed by atoms with Crippen molar-refractivity contribution < 1.29 is 19.1 Å². The van der Waals surface area contributed by atoms with Crippen LogP contribution in [0, 0.1) is 0 Å². The summed E-state index contributed by atoms with van der Waals surface area (Å²) in [6, 6.07) is 0. The molecule has 0 atom stereocenters. The van der Waals surface area contributed by atoms with E-state index in [9.17, 15) is 9.59 Å². The molecule has 0 unspecified atom stereocenters. The zero-order valence-electron chi connectivity index (χ0n) is 10.5. The van der Waals surface area contributed by atoms with Crippen molar-refractivity contribution in [2.75, 3.05) is 13.7 Å². The molecule has 0 aromatic rings. The fraction of sp³-hybridized carbons (Fsp3) is 0.818. The summed E-state index contributed by atoms with van der Waals surface area (Å²) < 4.78 is 9.63. The van der Waals surface area contributed by atoms with Crippen LogP contribution >= 0.6 is 0 Å². The van der Waals surface area contributed by atoms with Crippen LogP contribution in [0.2, 0.25) is 0 Å². The van der Waals surface area contributed by atoms with Crippen molar-refractivity contribution in [3.8, 4) is 0 Å². The number of ether oxygens (including phenoxy) is 2. The molecule has 0 aromatic heterocycles. The van der Waals surface area contributed by atoms with E-state index in [4.69, 9.17) is 4.74 Å². The Kier molecular flexibility index (Phi) is 6.53. The van der Waals surface area contributed by atoms with Gasteiger partial charge in [0.25, 0.3) is 0 Å². The molecule has 0 aliphatic heterocycles. The molecule has 0 saturated heterocycles. The lowest BCUT2D eigenvalue weighted by molar-refractivity contribution is -0.140. The standard InChI is InChI=1S/C11H21NO4/c1-5-11(2,3)16-10(14)12-8-6-7-9(13)15-4/h5-8H2,1-4H3,(H,12,14). The minimum Gasteiger partial charge on any atom is -0.469 e. The van der Waals surface area contributed by atoms with Crippen LogP contribution in [0.1, 0.15) is 40.0 Å². The fourth-order valence-corrected chi connectivity index (χ4v) is 0.884. The van der Waals surface area contributed by atoms with Gasteiger partial charge in [-0.05, 0) is 26.7 Å². The van der Waals surface area contributed by atoms with E-state index in [-0.39, 0.29) is 5.97 Å². The minimum atomic E-state index is -0.452. The van der Waals surface area contributed by atoms with Crippen LogP contribution < -0.4 is 5.32 Å². The monoisotopic (exact) mass is 231 g/mol. The van der Waals surface area contributed by atoms with E-state index in [1.54, 1.807) is 0 Å². The zero-order valence-corrected chi connectivity index (χ0v) is 10.5. The summed E-state index contributed by atoms with van der Waals surface area (Å²) in [6.45, 7) is 6.06. The Morgan fingerprint density at radius 3 is 2.44 bits per heavy atom. The third-order valence-electron chi connectivity index (χ3n) is 2.28. The number of amides is 1. The normalized spacial score (nSPS) is 10.8. The number of carbonyl (C=O) groups excluding carboxylic acids is 2. The Bertz CT molecular complexity index is 238. The van der Waals surface area contributed by atoms with E-state index in [1.807, 2.05) is 20.8 Å². The van der Waals surface area contributed by atoms with Crippen LogP contribution in [0.3, 0.4) is 0 Å². The lowest BCUT2D eigenvalue weighted by atomic mass is 10.1. The van der Waals surface area contributed by atoms with Gasteiger partial charge in [-0.25, -0.2) is 4.79 Å². The molecule has 1 amide bonds. The first-order valence-corrected chi connectivity index (χ1v) is 5.45. The molecule has 5 nitrogen and oxygen atoms in total. The van der Waals surface area contributed by atoms with Crippen LogP contribution in [-0.2, 0) is 14.3 Å². The van der Waals surface area contributed by atoms with Gasteiger partial charge in [0.1, 0.15) is 5.60 Å². The SMILES string of the molecule is CCC(C)(C)OC(=O)NCCCC(=O)OC. The molecule has 0 saturated carbocycles. The van der Waals surface area contributed by atoms with Crippen molar-refractivity contribution in [3.05, 3.63) is 0 Å². The highest BCUT2D eigenvalue weighted by Gasteiger charge is 2.19. The second-order valence-corrected chi connectivity index (χ2v) is 4.11. The van der Waals surface area contributed by atoms with Gasteiger partial charge >= 0.3 is 12.1 Å². The molecule has 0 aromatic carbocycles. The van der Waals surface area contributed by atoms with Crippen molar-refractivity contribution in [1.82, 2.24) is 5.32 Å². The maximum atomic E-state index is 11.3. The number of methoxy groups -OCH3 is 1. The minimum absolute atomic E-state index is 0.274. The molecule has 0 spiro atoms. The van der Waals surface area contributed by atoms with Gasteiger partial charge in [0.05, 0.1) is 7.11 Å². The molecule has 94 valence electrons. The van der Waals surface area contributed by atoms with Crippen molar-refractivity contribution >= 4 is 12.1 Å². The Balaban J connectivity index is 3.63. The summed E-state index contributed by atoms with van der Waals surface area (Å²) >= 11 is 0. The van der Waals surface area contributed by atoms with Gasteiger partial charge in [-0.1, -0.05) is 6.92 Å². The summed E-state index contributed by atoms with van der Waals surface area (Å²) in [7, 11) is 1.34. The van der Waals surface area contributed by atoms with Crippen molar-refractivity contribution in [2.45, 2.75) is 45.6 Å². The quantitative estimate of drug-likeness (QED) is 0.559. The Morgan fingerprint density at radius 2 is 1.94 bits per heavy atom. The summed E-state index contributed by atoms with van der Waals surface area (Å²) in [6.07, 6.45) is 1.15. The highest BCUT2D eigenvalue weighted by atomic mass is 16.6. The zero-order chi connectivity index (χ0) is 12.6. The van der Waals surface area contributed by atoms with E-state index in [2.05, 4.69) is 10.1 Å². The summed E-state index contributed by atoms with van der Waals surface area (Å²) in [5, 5.41) is 2.58. The maximum Gasteiger partial charge on any atom is 0.407 e. The average molecular weight is 231 g/mol. The van der Waals surface area contributed by atoms with Crippen molar-refractivity contribution in [1.29, 1.82) is 0 Å². The van der Waals surface area contributed by atoms with Crippen LogP contribution in [0.4, 0.5) is 4.79 Å². The van der Waals surface area contributed by atoms with Gasteiger partial charge in [-0.15, -0.1) is 0 Å². The van der Waals surface area contributed by atoms with Gasteiger partial charge in [-0.2, -0.15) is 0 Å². The highest BCUT2D eigenvalue weighted by molar-refractivity contribution is 5.69. The molecule has 0 radical (unpaired) electrons. The van der Waals surface area contributed by atoms with E-state index >= 15 is 0 Å². The van der Waals surface area contributed by atoms with Crippen molar-refractivity contribution in [3.63, 3.8) is 0 Å². The van der Waals surface area contributed by atoms with Crippen molar-refractivity contribution in [2.24, 2.45) is 0 Å². The van der Waals surface area contributed by atoms with Crippen LogP contribution in [0.5, 0.6) is 0 Å². The molecule has 0 aliphatic rings. The summed E-state index contributed by atoms with van der Waals surface area (Å²) in [5.41, 5.74) is -0.452. The molecule has 1 N–H and O–H groups in total. The first-order chi connectivity index (χ1) is 7.41. The predicted octanol–water partition coefficient (Wildman–Crippen LogP) is 1.85. The molecule has 5 heteroatoms. The van der Waals surface area contributed by atoms with Crippen LogP contribution in [-0.4, -0.2) is 31.3 Å². The topological polar surface area (TPSA) is 64.6 Å². The molecule has 16 heavy (non-hydrogen) atoms. The number of hydrogen-bond donors (Lipinski definition) is 1. The molecular weight excluding hydrogens is 210 g/mol. The first kappa shape index (κ1) is 14.7. The number of rotatable bonds is 6. The molecule has 0 aliphatic carbocycles. The van der Waals surface area contributed by atoms with Gasteiger partial charge in [0.2, 0.25) is 0 Å². The highest BCUT2D eigenvalue weighted by Crippen LogP contribution is 2.13. The summed E-state index contributed by atoms with van der Waals surface area (Å²) in [4.78, 5) is 22.0. The van der Waals surface area contributed by atoms with E-state index in [1.165, 1.54) is 7.11 Å². The third-order valence-corrected chi connectivity index (χ3v) is 2.28. The van der Waals surface area contributed by atoms with E-state index in [0.29, 0.717) is 19.4 Å². The van der Waals surface area contributed by atoms with E-state index in [0.717, 1.165) is 6.42 Å². The average Bonchev–Trinajstić information content (AvgIpc) is 2.23. The molecular formula is C11H21NO4. The summed E-state index contributed by atoms with van der Waals surface area (Å²) in [5.74, 6) is -0.274. The van der Waals surface area contributed by atoms with Gasteiger partial charge in [-0.3, -0.25) is 4.79 Å². The van der Waals surface area contributed by atoms with Crippen LogP contribution in [0.15, 0.2) is 0 Å². The van der Waals surface area contributed by atoms with Gasteiger partial charge < -0.3 is 14.8 Å². The van der Waals surface area contributed by atoms with Crippen LogP contribution in [0.25, 0.3) is 0 Å². The largest absolute Gasteiger partial charge is 0.469 e. The number of esters is 1. The lowest BCUT2D eigenvalue weighted by Crippen LogP contribution is -2.34. The molecule has 0 rings (SSSR count). The Hall–Kier alpha value is -1.26. The Morgan fingerprint density at radius 1 is 1.31 bits per heavy atom.